The third-order valence-corrected chi connectivity index (χ3v) is 3.44. The lowest BCUT2D eigenvalue weighted by Crippen LogP contribution is -2.42. The van der Waals surface area contributed by atoms with Crippen LogP contribution in [0.3, 0.4) is 0 Å². The Labute approximate surface area is 119 Å². The highest BCUT2D eigenvalue weighted by atomic mass is 16.5. The summed E-state index contributed by atoms with van der Waals surface area (Å²) in [6, 6.07) is 7.90. The number of hydrogen-bond acceptors (Lipinski definition) is 3. The van der Waals surface area contributed by atoms with E-state index in [0.29, 0.717) is 13.2 Å². The summed E-state index contributed by atoms with van der Waals surface area (Å²) in [6.07, 6.45) is 2.37. The lowest BCUT2D eigenvalue weighted by atomic mass is 9.77. The average molecular weight is 273 g/mol. The molecule has 1 aliphatic carbocycles. The van der Waals surface area contributed by atoms with Gasteiger partial charge >= 0.3 is 5.97 Å². The van der Waals surface area contributed by atoms with Crippen molar-refractivity contribution in [2.75, 3.05) is 19.7 Å². The first-order valence-corrected chi connectivity index (χ1v) is 6.80. The predicted molar refractivity (Wildman–Crippen MR) is 76.3 cm³/mol. The number of hydrogen-bond donors (Lipinski definition) is 0. The number of benzene rings is 1. The second-order valence-corrected chi connectivity index (χ2v) is 4.77. The molecule has 1 amide bonds. The topological polar surface area (TPSA) is 46.6 Å². The summed E-state index contributed by atoms with van der Waals surface area (Å²) < 4.78 is 4.90. The molecule has 2 rings (SSSR count). The summed E-state index contributed by atoms with van der Waals surface area (Å²) in [5.41, 5.74) is 2.27. The van der Waals surface area contributed by atoms with Crippen LogP contribution >= 0.6 is 0 Å². The Morgan fingerprint density at radius 1 is 1.45 bits per heavy atom. The second-order valence-electron chi connectivity index (χ2n) is 4.77. The van der Waals surface area contributed by atoms with Crippen LogP contribution in [0, 0.1) is 0 Å². The number of carbonyl (C=O) groups excluding carboxylic acids is 2. The maximum atomic E-state index is 12.5. The zero-order valence-corrected chi connectivity index (χ0v) is 11.7. The Kier molecular flexibility index (Phi) is 4.56. The second kappa shape index (κ2) is 6.37. The zero-order valence-electron chi connectivity index (χ0n) is 11.7. The monoisotopic (exact) mass is 273 g/mol. The number of nitrogens with zero attached hydrogens (tertiary/aromatic N) is 1. The number of fused-ring (bicyclic) bond motifs is 1. The molecule has 0 spiro atoms. The van der Waals surface area contributed by atoms with Crippen molar-refractivity contribution < 1.29 is 14.3 Å². The fraction of sp³-hybridized carbons (Fsp3) is 0.375. The molecule has 0 saturated heterocycles. The Morgan fingerprint density at radius 3 is 2.85 bits per heavy atom. The molecule has 1 aromatic rings. The van der Waals surface area contributed by atoms with E-state index in [1.807, 2.05) is 24.3 Å². The van der Waals surface area contributed by atoms with Crippen LogP contribution in [0.5, 0.6) is 0 Å². The van der Waals surface area contributed by atoms with Gasteiger partial charge in [0.05, 0.1) is 12.5 Å². The molecule has 0 bridgehead atoms. The molecule has 20 heavy (non-hydrogen) atoms. The molecule has 0 saturated carbocycles. The van der Waals surface area contributed by atoms with Crippen LogP contribution in [-0.4, -0.2) is 36.5 Å². The van der Waals surface area contributed by atoms with Gasteiger partial charge in [-0.1, -0.05) is 30.3 Å². The number of carbonyl (C=O) groups is 2. The maximum absolute atomic E-state index is 12.5. The molecule has 4 heteroatoms. The lowest BCUT2D eigenvalue weighted by molar-refractivity contribution is -0.149. The van der Waals surface area contributed by atoms with Crippen LogP contribution in [0.4, 0.5) is 0 Å². The van der Waals surface area contributed by atoms with Crippen molar-refractivity contribution in [1.29, 1.82) is 0 Å². The van der Waals surface area contributed by atoms with Crippen molar-refractivity contribution in [2.45, 2.75) is 19.3 Å². The summed E-state index contributed by atoms with van der Waals surface area (Å²) in [6.45, 7) is 6.05. The molecule has 4 nitrogen and oxygen atoms in total. The van der Waals surface area contributed by atoms with E-state index in [2.05, 4.69) is 6.58 Å². The summed E-state index contributed by atoms with van der Waals surface area (Å²) in [4.78, 5) is 25.6. The van der Waals surface area contributed by atoms with Crippen LogP contribution in [-0.2, 0) is 20.7 Å². The number of amides is 1. The first-order valence-electron chi connectivity index (χ1n) is 6.80. The van der Waals surface area contributed by atoms with Crippen LogP contribution in [0.2, 0.25) is 0 Å². The van der Waals surface area contributed by atoms with Gasteiger partial charge in [-0.2, -0.15) is 0 Å². The van der Waals surface area contributed by atoms with Crippen molar-refractivity contribution in [3.05, 3.63) is 48.0 Å². The largest absolute Gasteiger partial charge is 0.465 e. The summed E-state index contributed by atoms with van der Waals surface area (Å²) in [5, 5.41) is 0. The highest BCUT2D eigenvalue weighted by Crippen LogP contribution is 2.36. The number of esters is 1. The molecular weight excluding hydrogens is 254 g/mol. The third-order valence-electron chi connectivity index (χ3n) is 3.44. The van der Waals surface area contributed by atoms with Gasteiger partial charge < -0.3 is 9.64 Å². The first-order chi connectivity index (χ1) is 9.67. The minimum absolute atomic E-state index is 0.0165. The van der Waals surface area contributed by atoms with Gasteiger partial charge in [0.2, 0.25) is 5.91 Å². The summed E-state index contributed by atoms with van der Waals surface area (Å²) >= 11 is 0. The Balaban J connectivity index is 2.05. The molecule has 0 N–H and O–H groups in total. The minimum Gasteiger partial charge on any atom is -0.465 e. The SMILES string of the molecule is C=CCN(CC(=O)OCC)C(=O)C1Cc2ccccc21. The van der Waals surface area contributed by atoms with Gasteiger partial charge in [-0.15, -0.1) is 6.58 Å². The Hall–Kier alpha value is -2.10. The van der Waals surface area contributed by atoms with Gasteiger partial charge in [-0.05, 0) is 24.5 Å². The van der Waals surface area contributed by atoms with Crippen molar-refractivity contribution >= 4 is 11.9 Å². The maximum Gasteiger partial charge on any atom is 0.325 e. The van der Waals surface area contributed by atoms with E-state index in [-0.39, 0.29) is 24.3 Å². The van der Waals surface area contributed by atoms with Crippen LogP contribution in [0.15, 0.2) is 36.9 Å². The molecule has 106 valence electrons. The number of rotatable bonds is 6. The molecule has 1 atom stereocenters. The molecule has 0 aliphatic heterocycles. The van der Waals surface area contributed by atoms with Crippen molar-refractivity contribution in [1.82, 2.24) is 4.90 Å². The van der Waals surface area contributed by atoms with Crippen LogP contribution in [0.1, 0.15) is 24.0 Å². The van der Waals surface area contributed by atoms with E-state index in [1.165, 1.54) is 10.5 Å². The molecule has 0 radical (unpaired) electrons. The van der Waals surface area contributed by atoms with Crippen molar-refractivity contribution in [3.63, 3.8) is 0 Å². The highest BCUT2D eigenvalue weighted by molar-refractivity contribution is 5.89. The van der Waals surface area contributed by atoms with E-state index in [4.69, 9.17) is 4.74 Å². The predicted octanol–water partition coefficient (Wildman–Crippen LogP) is 1.90. The number of ether oxygens (including phenoxy) is 1. The van der Waals surface area contributed by atoms with Gasteiger partial charge in [0.25, 0.3) is 0 Å². The average Bonchev–Trinajstić information content (AvgIpc) is 2.40. The molecule has 0 aromatic heterocycles. The lowest BCUT2D eigenvalue weighted by Gasteiger charge is -2.33. The molecule has 1 aliphatic rings. The van der Waals surface area contributed by atoms with E-state index < -0.39 is 0 Å². The van der Waals surface area contributed by atoms with Gasteiger partial charge in [0, 0.05) is 6.54 Å². The Morgan fingerprint density at radius 2 is 2.20 bits per heavy atom. The summed E-state index contributed by atoms with van der Waals surface area (Å²) in [5.74, 6) is -0.549. The fourth-order valence-corrected chi connectivity index (χ4v) is 2.45. The van der Waals surface area contributed by atoms with E-state index in [0.717, 1.165) is 12.0 Å². The van der Waals surface area contributed by atoms with Crippen LogP contribution < -0.4 is 0 Å². The van der Waals surface area contributed by atoms with Crippen molar-refractivity contribution in [2.24, 2.45) is 0 Å². The molecule has 0 heterocycles. The molecular formula is C16H19NO3. The standard InChI is InChI=1S/C16H19NO3/c1-3-9-17(11-15(18)20-4-2)16(19)14-10-12-7-5-6-8-13(12)14/h3,5-8,14H,1,4,9-11H2,2H3. The van der Waals surface area contributed by atoms with Crippen molar-refractivity contribution in [3.8, 4) is 0 Å². The van der Waals surface area contributed by atoms with E-state index in [9.17, 15) is 9.59 Å². The van der Waals surface area contributed by atoms with Gasteiger partial charge in [-0.25, -0.2) is 0 Å². The molecule has 0 fully saturated rings. The van der Waals surface area contributed by atoms with E-state index >= 15 is 0 Å². The minimum atomic E-state index is -0.379. The van der Waals surface area contributed by atoms with Gasteiger partial charge in [-0.3, -0.25) is 9.59 Å². The first kappa shape index (κ1) is 14.3. The van der Waals surface area contributed by atoms with Crippen LogP contribution in [0.25, 0.3) is 0 Å². The molecule has 1 aromatic carbocycles. The normalized spacial score (nSPS) is 15.8. The fourth-order valence-electron chi connectivity index (χ4n) is 2.45. The van der Waals surface area contributed by atoms with Gasteiger partial charge in [0.15, 0.2) is 0 Å². The highest BCUT2D eigenvalue weighted by Gasteiger charge is 2.34. The van der Waals surface area contributed by atoms with E-state index in [1.54, 1.807) is 13.0 Å². The summed E-state index contributed by atoms with van der Waals surface area (Å²) in [7, 11) is 0. The quantitative estimate of drug-likeness (QED) is 0.587. The Bertz CT molecular complexity index is 524. The zero-order chi connectivity index (χ0) is 14.5. The smallest absolute Gasteiger partial charge is 0.325 e. The van der Waals surface area contributed by atoms with Gasteiger partial charge in [0.1, 0.15) is 6.54 Å². The molecule has 1 unspecified atom stereocenters. The third kappa shape index (κ3) is 2.90.